The van der Waals surface area contributed by atoms with E-state index in [0.717, 1.165) is 9.87 Å². The summed E-state index contributed by atoms with van der Waals surface area (Å²) in [6, 6.07) is 7.19. The van der Waals surface area contributed by atoms with Gasteiger partial charge in [-0.05, 0) is 17.5 Å². The Balaban J connectivity index is 2.50. The van der Waals surface area contributed by atoms with E-state index in [2.05, 4.69) is 0 Å². The summed E-state index contributed by atoms with van der Waals surface area (Å²) in [5.41, 5.74) is 1.31. The molecule has 0 aromatic heterocycles. The second-order valence-corrected chi connectivity index (χ2v) is 6.14. The van der Waals surface area contributed by atoms with E-state index in [0.29, 0.717) is 12.0 Å². The highest BCUT2D eigenvalue weighted by atomic mass is 32.2. The maximum atomic E-state index is 12.0. The third-order valence-electron chi connectivity index (χ3n) is 3.08. The highest BCUT2D eigenvalue weighted by molar-refractivity contribution is 7.89. The van der Waals surface area contributed by atoms with Gasteiger partial charge >= 0.3 is 5.97 Å². The Morgan fingerprint density at radius 2 is 2.16 bits per heavy atom. The van der Waals surface area contributed by atoms with Crippen LogP contribution in [-0.2, 0) is 21.2 Å². The molecule has 0 aliphatic carbocycles. The highest BCUT2D eigenvalue weighted by Crippen LogP contribution is 2.32. The Labute approximate surface area is 110 Å². The first-order chi connectivity index (χ1) is 8.97. The monoisotopic (exact) mass is 280 g/mol. The summed E-state index contributed by atoms with van der Waals surface area (Å²) in [6.07, 6.45) is 0.449. The van der Waals surface area contributed by atoms with Crippen LogP contribution in [-0.4, -0.2) is 36.1 Å². The van der Waals surface area contributed by atoms with Crippen molar-refractivity contribution >= 4 is 16.0 Å². The van der Waals surface area contributed by atoms with Gasteiger partial charge in [0.2, 0.25) is 10.0 Å². The fraction of sp³-hybridized carbons (Fsp3) is 0.333. The van der Waals surface area contributed by atoms with Gasteiger partial charge in [-0.1, -0.05) is 24.3 Å². The maximum absolute atomic E-state index is 12.0. The van der Waals surface area contributed by atoms with Crippen LogP contribution in [0.4, 0.5) is 0 Å². The Hall–Kier alpha value is -1.91. The van der Waals surface area contributed by atoms with Crippen LogP contribution in [0.2, 0.25) is 0 Å². The second kappa shape index (κ2) is 4.99. The lowest BCUT2D eigenvalue weighted by molar-refractivity contribution is -0.142. The molecule has 7 heteroatoms. The topological polar surface area (TPSA) is 98.5 Å². The Morgan fingerprint density at radius 1 is 1.47 bits per heavy atom. The van der Waals surface area contributed by atoms with E-state index in [1.807, 2.05) is 0 Å². The van der Waals surface area contributed by atoms with Gasteiger partial charge in [0, 0.05) is 6.54 Å². The van der Waals surface area contributed by atoms with Crippen molar-refractivity contribution in [3.05, 3.63) is 35.4 Å². The number of benzene rings is 1. The number of hydrogen-bond donors (Lipinski definition) is 1. The molecule has 0 fully saturated rings. The minimum absolute atomic E-state index is 0.0813. The van der Waals surface area contributed by atoms with E-state index in [1.165, 1.54) is 0 Å². The molecule has 0 saturated carbocycles. The first-order valence-corrected chi connectivity index (χ1v) is 7.25. The van der Waals surface area contributed by atoms with Gasteiger partial charge in [-0.15, -0.1) is 0 Å². The van der Waals surface area contributed by atoms with E-state index in [1.54, 1.807) is 30.3 Å². The number of carbonyl (C=O) groups is 1. The molecule has 1 aliphatic heterocycles. The quantitative estimate of drug-likeness (QED) is 0.870. The van der Waals surface area contributed by atoms with E-state index in [9.17, 15) is 18.3 Å². The number of carboxylic acids is 1. The first kappa shape index (κ1) is 13.5. The first-order valence-electron chi connectivity index (χ1n) is 5.64. The van der Waals surface area contributed by atoms with Gasteiger partial charge in [0.15, 0.2) is 5.75 Å². The molecule has 1 heterocycles. The highest BCUT2D eigenvalue weighted by Gasteiger charge is 2.39. The fourth-order valence-electron chi connectivity index (χ4n) is 2.26. The summed E-state index contributed by atoms with van der Waals surface area (Å²) in [4.78, 5) is 11.4. The summed E-state index contributed by atoms with van der Waals surface area (Å²) in [5.74, 6) is -1.94. The van der Waals surface area contributed by atoms with Crippen molar-refractivity contribution in [3.8, 4) is 6.07 Å². The molecule has 2 rings (SSSR count). The number of carboxylic acid groups (broad SMARTS) is 1. The van der Waals surface area contributed by atoms with Crippen molar-refractivity contribution in [2.45, 2.75) is 12.5 Å². The van der Waals surface area contributed by atoms with Crippen molar-refractivity contribution in [1.29, 1.82) is 5.26 Å². The fourth-order valence-corrected chi connectivity index (χ4v) is 3.49. The van der Waals surface area contributed by atoms with Crippen LogP contribution in [0.15, 0.2) is 24.3 Å². The van der Waals surface area contributed by atoms with Gasteiger partial charge in [0.05, 0.1) is 6.07 Å². The van der Waals surface area contributed by atoms with Crippen LogP contribution in [0.25, 0.3) is 0 Å². The van der Waals surface area contributed by atoms with Crippen molar-refractivity contribution in [2.24, 2.45) is 0 Å². The molecule has 6 nitrogen and oxygen atoms in total. The van der Waals surface area contributed by atoms with Crippen molar-refractivity contribution in [2.75, 3.05) is 12.3 Å². The molecule has 1 aliphatic rings. The lowest BCUT2D eigenvalue weighted by Crippen LogP contribution is -2.44. The van der Waals surface area contributed by atoms with Gasteiger partial charge in [-0.3, -0.25) is 4.79 Å². The minimum Gasteiger partial charge on any atom is -0.480 e. The summed E-state index contributed by atoms with van der Waals surface area (Å²) < 4.78 is 24.8. The zero-order valence-corrected chi connectivity index (χ0v) is 10.8. The molecule has 0 bridgehead atoms. The summed E-state index contributed by atoms with van der Waals surface area (Å²) >= 11 is 0. The smallest absolute Gasteiger partial charge is 0.326 e. The predicted octanol–water partition coefficient (Wildman–Crippen LogP) is 0.524. The number of sulfonamides is 1. The van der Waals surface area contributed by atoms with Gasteiger partial charge in [0.1, 0.15) is 6.04 Å². The molecular formula is C12H12N2O4S. The standard InChI is InChI=1S/C12H12N2O4S/c13-6-8-19(17,18)14-7-5-9-3-1-2-4-10(9)11(14)12(15)16/h1-4,11H,5,7-8H2,(H,15,16). The molecule has 0 saturated heterocycles. The number of fused-ring (bicyclic) bond motifs is 1. The molecule has 1 atom stereocenters. The van der Waals surface area contributed by atoms with E-state index in [4.69, 9.17) is 5.26 Å². The van der Waals surface area contributed by atoms with Crippen LogP contribution in [0.5, 0.6) is 0 Å². The zero-order valence-electron chi connectivity index (χ0n) is 9.98. The Morgan fingerprint density at radius 3 is 2.79 bits per heavy atom. The van der Waals surface area contributed by atoms with Crippen LogP contribution < -0.4 is 0 Å². The molecule has 0 amide bonds. The van der Waals surface area contributed by atoms with E-state index in [-0.39, 0.29) is 6.54 Å². The van der Waals surface area contributed by atoms with E-state index < -0.39 is 27.8 Å². The number of nitrogens with zero attached hydrogens (tertiary/aromatic N) is 2. The molecule has 0 radical (unpaired) electrons. The van der Waals surface area contributed by atoms with Crippen LogP contribution in [0.1, 0.15) is 17.2 Å². The predicted molar refractivity (Wildman–Crippen MR) is 66.6 cm³/mol. The second-order valence-electron chi connectivity index (χ2n) is 4.21. The summed E-state index contributed by atoms with van der Waals surface area (Å²) in [7, 11) is -3.88. The molecule has 0 spiro atoms. The molecule has 19 heavy (non-hydrogen) atoms. The molecule has 1 aromatic rings. The Kier molecular flexibility index (Phi) is 3.55. The number of hydrogen-bond acceptors (Lipinski definition) is 4. The minimum atomic E-state index is -3.88. The van der Waals surface area contributed by atoms with Crippen LogP contribution in [0.3, 0.4) is 0 Å². The largest absolute Gasteiger partial charge is 0.480 e. The molecular weight excluding hydrogens is 268 g/mol. The number of rotatable bonds is 3. The average molecular weight is 280 g/mol. The number of aliphatic carboxylic acids is 1. The van der Waals surface area contributed by atoms with Crippen molar-refractivity contribution in [1.82, 2.24) is 4.31 Å². The molecule has 1 aromatic carbocycles. The lowest BCUT2D eigenvalue weighted by atomic mass is 9.94. The zero-order chi connectivity index (χ0) is 14.0. The third kappa shape index (κ3) is 2.45. The van der Waals surface area contributed by atoms with Crippen LogP contribution >= 0.6 is 0 Å². The average Bonchev–Trinajstić information content (AvgIpc) is 2.37. The number of nitriles is 1. The van der Waals surface area contributed by atoms with Gasteiger partial charge in [-0.2, -0.15) is 9.57 Å². The maximum Gasteiger partial charge on any atom is 0.326 e. The van der Waals surface area contributed by atoms with Gasteiger partial charge in [-0.25, -0.2) is 8.42 Å². The van der Waals surface area contributed by atoms with Crippen molar-refractivity contribution in [3.63, 3.8) is 0 Å². The summed E-state index contributed by atoms with van der Waals surface area (Å²) in [6.45, 7) is 0.0813. The van der Waals surface area contributed by atoms with Crippen LogP contribution in [0, 0.1) is 11.3 Å². The SMILES string of the molecule is N#CCS(=O)(=O)N1CCc2ccccc2C1C(=O)O. The third-order valence-corrected chi connectivity index (χ3v) is 4.68. The molecule has 1 unspecified atom stereocenters. The molecule has 1 N–H and O–H groups in total. The normalized spacial score (nSPS) is 19.4. The van der Waals surface area contributed by atoms with Gasteiger partial charge < -0.3 is 5.11 Å². The Bertz CT molecular complexity index is 648. The lowest BCUT2D eigenvalue weighted by Gasteiger charge is -2.33. The molecule has 100 valence electrons. The van der Waals surface area contributed by atoms with Crippen molar-refractivity contribution < 1.29 is 18.3 Å². The van der Waals surface area contributed by atoms with Gasteiger partial charge in [0.25, 0.3) is 0 Å². The summed E-state index contributed by atoms with van der Waals surface area (Å²) in [5, 5.41) is 17.8. The van der Waals surface area contributed by atoms with E-state index >= 15 is 0 Å².